The molecule has 0 radical (unpaired) electrons. The van der Waals surface area contributed by atoms with Crippen LogP contribution in [0.5, 0.6) is 0 Å². The summed E-state index contributed by atoms with van der Waals surface area (Å²) in [5, 5.41) is 3.30. The molecule has 1 aromatic carbocycles. The highest BCUT2D eigenvalue weighted by Gasteiger charge is 2.20. The monoisotopic (exact) mass is 236 g/mol. The number of rotatable bonds is 5. The van der Waals surface area contributed by atoms with Gasteiger partial charge in [-0.3, -0.25) is 4.79 Å². The molecule has 0 heterocycles. The summed E-state index contributed by atoms with van der Waals surface area (Å²) in [6, 6.07) is 6.57. The van der Waals surface area contributed by atoms with Crippen LogP contribution in [0.1, 0.15) is 19.3 Å². The number of carbonyl (C=O) groups excluding carboxylic acids is 1. The number of carbonyl (C=O) groups is 1. The summed E-state index contributed by atoms with van der Waals surface area (Å²) >= 11 is 0. The van der Waals surface area contributed by atoms with Crippen LogP contribution in [0.3, 0.4) is 0 Å². The molecule has 0 bridgehead atoms. The molecule has 0 aromatic heterocycles. The first-order valence-electron chi connectivity index (χ1n) is 5.92. The molecule has 1 N–H and O–H groups in total. The van der Waals surface area contributed by atoms with Crippen molar-refractivity contribution < 1.29 is 9.18 Å². The van der Waals surface area contributed by atoms with Crippen molar-refractivity contribution in [3.8, 4) is 0 Å². The molecule has 1 aliphatic rings. The maximum atomic E-state index is 12.7. The summed E-state index contributed by atoms with van der Waals surface area (Å²) in [6.45, 7) is 0.717. The molecule has 0 saturated heterocycles. The van der Waals surface area contributed by atoms with Crippen molar-refractivity contribution in [3.63, 3.8) is 0 Å². The topological polar surface area (TPSA) is 32.3 Å². The Bertz CT molecular complexity index is 387. The molecule has 1 saturated carbocycles. The van der Waals surface area contributed by atoms with Crippen LogP contribution in [0.15, 0.2) is 24.3 Å². The van der Waals surface area contributed by atoms with E-state index in [1.165, 1.54) is 25.0 Å². The van der Waals surface area contributed by atoms with Gasteiger partial charge in [-0.25, -0.2) is 4.39 Å². The molecule has 1 aromatic rings. The van der Waals surface area contributed by atoms with Crippen LogP contribution in [-0.2, 0) is 4.79 Å². The summed E-state index contributed by atoms with van der Waals surface area (Å²) in [5.41, 5.74) is 0.725. The van der Waals surface area contributed by atoms with Gasteiger partial charge in [0.15, 0.2) is 0 Å². The average molecular weight is 236 g/mol. The van der Waals surface area contributed by atoms with Gasteiger partial charge in [0.1, 0.15) is 5.82 Å². The average Bonchev–Trinajstić information content (AvgIpc) is 3.13. The molecular weight excluding hydrogens is 219 g/mol. The molecule has 1 aliphatic carbocycles. The summed E-state index contributed by atoms with van der Waals surface area (Å²) < 4.78 is 12.7. The summed E-state index contributed by atoms with van der Waals surface area (Å²) in [6.07, 6.45) is 2.92. The van der Waals surface area contributed by atoms with Crippen LogP contribution in [0.4, 0.5) is 10.1 Å². The van der Waals surface area contributed by atoms with Crippen LogP contribution < -0.4 is 10.2 Å². The highest BCUT2D eigenvalue weighted by molar-refractivity contribution is 5.92. The molecule has 1 amide bonds. The lowest BCUT2D eigenvalue weighted by Gasteiger charge is -2.17. The van der Waals surface area contributed by atoms with Gasteiger partial charge in [0.25, 0.3) is 0 Å². The molecule has 0 spiro atoms. The minimum absolute atomic E-state index is 0.0461. The van der Waals surface area contributed by atoms with E-state index in [0.29, 0.717) is 12.5 Å². The second-order valence-corrected chi connectivity index (χ2v) is 4.41. The largest absolute Gasteiger partial charge is 0.315 e. The fourth-order valence-electron chi connectivity index (χ4n) is 1.65. The minimum atomic E-state index is -0.287. The first kappa shape index (κ1) is 12.0. The predicted octanol–water partition coefficient (Wildman–Crippen LogP) is 1.93. The zero-order valence-electron chi connectivity index (χ0n) is 9.95. The highest BCUT2D eigenvalue weighted by Crippen LogP contribution is 2.18. The van der Waals surface area contributed by atoms with E-state index in [-0.39, 0.29) is 11.7 Å². The summed E-state index contributed by atoms with van der Waals surface area (Å²) in [7, 11) is 1.71. The number of hydrogen-bond donors (Lipinski definition) is 1. The smallest absolute Gasteiger partial charge is 0.227 e. The van der Waals surface area contributed by atoms with Gasteiger partial charge in [0.2, 0.25) is 5.91 Å². The third-order valence-electron chi connectivity index (χ3n) is 2.94. The van der Waals surface area contributed by atoms with Crippen molar-refractivity contribution in [1.82, 2.24) is 5.32 Å². The van der Waals surface area contributed by atoms with E-state index in [1.54, 1.807) is 24.1 Å². The van der Waals surface area contributed by atoms with Gasteiger partial charge in [-0.1, -0.05) is 0 Å². The number of benzene rings is 1. The third kappa shape index (κ3) is 3.53. The van der Waals surface area contributed by atoms with E-state index in [9.17, 15) is 9.18 Å². The zero-order chi connectivity index (χ0) is 12.3. The van der Waals surface area contributed by atoms with Gasteiger partial charge >= 0.3 is 0 Å². The second-order valence-electron chi connectivity index (χ2n) is 4.41. The van der Waals surface area contributed by atoms with E-state index >= 15 is 0 Å². The van der Waals surface area contributed by atoms with Gasteiger partial charge in [0.05, 0.1) is 0 Å². The van der Waals surface area contributed by atoms with Gasteiger partial charge < -0.3 is 10.2 Å². The Morgan fingerprint density at radius 3 is 2.65 bits per heavy atom. The van der Waals surface area contributed by atoms with Crippen molar-refractivity contribution in [1.29, 1.82) is 0 Å². The number of halogens is 1. The normalized spacial score (nSPS) is 14.7. The SMILES string of the molecule is CN(C(=O)CCNC1CC1)c1ccc(F)cc1. The van der Waals surface area contributed by atoms with Crippen LogP contribution in [-0.4, -0.2) is 25.5 Å². The molecule has 0 aliphatic heterocycles. The number of amides is 1. The number of anilines is 1. The van der Waals surface area contributed by atoms with Crippen molar-refractivity contribution in [2.75, 3.05) is 18.5 Å². The number of nitrogens with one attached hydrogen (secondary N) is 1. The fourth-order valence-corrected chi connectivity index (χ4v) is 1.65. The molecule has 4 heteroatoms. The van der Waals surface area contributed by atoms with E-state index in [4.69, 9.17) is 0 Å². The Morgan fingerprint density at radius 2 is 2.06 bits per heavy atom. The van der Waals surface area contributed by atoms with Crippen LogP contribution in [0, 0.1) is 5.82 Å². The first-order valence-corrected chi connectivity index (χ1v) is 5.92. The molecule has 2 rings (SSSR count). The Kier molecular flexibility index (Phi) is 3.74. The van der Waals surface area contributed by atoms with Gasteiger partial charge in [0, 0.05) is 31.7 Å². The molecule has 0 unspecified atom stereocenters. The quantitative estimate of drug-likeness (QED) is 0.847. The van der Waals surface area contributed by atoms with E-state index < -0.39 is 0 Å². The van der Waals surface area contributed by atoms with Crippen molar-refractivity contribution in [2.45, 2.75) is 25.3 Å². The number of hydrogen-bond acceptors (Lipinski definition) is 2. The lowest BCUT2D eigenvalue weighted by atomic mass is 10.2. The molecule has 1 fully saturated rings. The minimum Gasteiger partial charge on any atom is -0.315 e. The Labute approximate surface area is 101 Å². The van der Waals surface area contributed by atoms with E-state index in [2.05, 4.69) is 5.32 Å². The lowest BCUT2D eigenvalue weighted by molar-refractivity contribution is -0.118. The summed E-state index contributed by atoms with van der Waals surface area (Å²) in [5.74, 6) is -0.241. The summed E-state index contributed by atoms with van der Waals surface area (Å²) in [4.78, 5) is 13.4. The maximum Gasteiger partial charge on any atom is 0.227 e. The van der Waals surface area contributed by atoms with Gasteiger partial charge in [-0.15, -0.1) is 0 Å². The second kappa shape index (κ2) is 5.27. The van der Waals surface area contributed by atoms with E-state index in [0.717, 1.165) is 12.2 Å². The van der Waals surface area contributed by atoms with E-state index in [1.807, 2.05) is 0 Å². The van der Waals surface area contributed by atoms with Crippen LogP contribution >= 0.6 is 0 Å². The van der Waals surface area contributed by atoms with Crippen LogP contribution in [0.25, 0.3) is 0 Å². The van der Waals surface area contributed by atoms with Crippen molar-refractivity contribution >= 4 is 11.6 Å². The molecule has 92 valence electrons. The molecule has 0 atom stereocenters. The first-order chi connectivity index (χ1) is 8.16. The highest BCUT2D eigenvalue weighted by atomic mass is 19.1. The molecule has 17 heavy (non-hydrogen) atoms. The standard InChI is InChI=1S/C13H17FN2O/c1-16(12-6-2-10(14)3-7-12)13(17)8-9-15-11-4-5-11/h2-3,6-7,11,15H,4-5,8-9H2,1H3. The molecular formula is C13H17FN2O. The Hall–Kier alpha value is -1.42. The fraction of sp³-hybridized carbons (Fsp3) is 0.462. The Balaban J connectivity index is 1.82. The number of nitrogens with zero attached hydrogens (tertiary/aromatic N) is 1. The molecule has 3 nitrogen and oxygen atoms in total. The van der Waals surface area contributed by atoms with Crippen molar-refractivity contribution in [2.24, 2.45) is 0 Å². The maximum absolute atomic E-state index is 12.7. The van der Waals surface area contributed by atoms with Gasteiger partial charge in [-0.05, 0) is 37.1 Å². The van der Waals surface area contributed by atoms with Crippen LogP contribution in [0.2, 0.25) is 0 Å². The Morgan fingerprint density at radius 1 is 1.41 bits per heavy atom. The van der Waals surface area contributed by atoms with Crippen molar-refractivity contribution in [3.05, 3.63) is 30.1 Å². The predicted molar refractivity (Wildman–Crippen MR) is 65.5 cm³/mol. The third-order valence-corrected chi connectivity index (χ3v) is 2.94. The zero-order valence-corrected chi connectivity index (χ0v) is 9.95. The lowest BCUT2D eigenvalue weighted by Crippen LogP contribution is -2.30. The van der Waals surface area contributed by atoms with Gasteiger partial charge in [-0.2, -0.15) is 0 Å².